The number of allylic oxidation sites excluding steroid dienone is 1. The first-order valence-electron chi connectivity index (χ1n) is 9.16. The average Bonchev–Trinajstić information content (AvgIpc) is 2.53. The molecular weight excluding hydrogens is 298 g/mol. The fourth-order valence-electron chi connectivity index (χ4n) is 5.88. The van der Waals surface area contributed by atoms with Crippen molar-refractivity contribution in [2.75, 3.05) is 0 Å². The predicted molar refractivity (Wildman–Crippen MR) is 93.8 cm³/mol. The third-order valence-electron chi connectivity index (χ3n) is 6.23. The van der Waals surface area contributed by atoms with Crippen molar-refractivity contribution in [3.05, 3.63) is 41.6 Å². The van der Waals surface area contributed by atoms with Crippen LogP contribution >= 0.6 is 0 Å². The molecule has 0 unspecified atom stereocenters. The maximum Gasteiger partial charge on any atom is 0.225 e. The molecular formula is C21H25NO2. The van der Waals surface area contributed by atoms with Crippen LogP contribution in [0.1, 0.15) is 50.5 Å². The molecule has 0 atom stereocenters. The van der Waals surface area contributed by atoms with Crippen LogP contribution < -0.4 is 5.32 Å². The largest absolute Gasteiger partial charge is 0.323 e. The van der Waals surface area contributed by atoms with E-state index in [-0.39, 0.29) is 11.3 Å². The number of nitrogens with one attached hydrogen (secondary N) is 1. The molecule has 1 aromatic rings. The quantitative estimate of drug-likeness (QED) is 0.659. The Bertz CT molecular complexity index is 626. The van der Waals surface area contributed by atoms with Crippen molar-refractivity contribution in [1.29, 1.82) is 0 Å². The SMILES string of the molecule is O=CC(=Cc1ccccc1)NC(=O)CC12CC3CC(CC(C3)C1)C2. The molecule has 3 nitrogen and oxygen atoms in total. The van der Waals surface area contributed by atoms with Crippen molar-refractivity contribution in [1.82, 2.24) is 5.32 Å². The molecule has 1 N–H and O–H groups in total. The van der Waals surface area contributed by atoms with Crippen LogP contribution in [0.3, 0.4) is 0 Å². The van der Waals surface area contributed by atoms with E-state index in [9.17, 15) is 9.59 Å². The minimum Gasteiger partial charge on any atom is -0.323 e. The molecule has 0 spiro atoms. The van der Waals surface area contributed by atoms with Gasteiger partial charge in [0.25, 0.3) is 0 Å². The molecule has 0 radical (unpaired) electrons. The average molecular weight is 323 g/mol. The smallest absolute Gasteiger partial charge is 0.225 e. The Kier molecular flexibility index (Phi) is 4.03. The van der Waals surface area contributed by atoms with Gasteiger partial charge in [-0.25, -0.2) is 0 Å². The van der Waals surface area contributed by atoms with Gasteiger partial charge in [0.15, 0.2) is 6.29 Å². The highest BCUT2D eigenvalue weighted by Crippen LogP contribution is 2.61. The molecule has 4 fully saturated rings. The summed E-state index contributed by atoms with van der Waals surface area (Å²) in [6.45, 7) is 0. The van der Waals surface area contributed by atoms with Crippen LogP contribution in [0.5, 0.6) is 0 Å². The van der Waals surface area contributed by atoms with E-state index in [2.05, 4.69) is 5.32 Å². The molecule has 4 saturated carbocycles. The standard InChI is InChI=1S/C21H25NO2/c23-14-19(9-15-4-2-1-3-5-15)22-20(24)13-21-10-16-6-17(11-21)8-18(7-16)12-21/h1-5,9,14,16-18H,6-8,10-13H2,(H,22,24). The fraction of sp³-hybridized carbons (Fsp3) is 0.524. The first-order valence-corrected chi connectivity index (χ1v) is 9.16. The highest BCUT2D eigenvalue weighted by atomic mass is 16.2. The summed E-state index contributed by atoms with van der Waals surface area (Å²) in [6, 6.07) is 9.63. The maximum atomic E-state index is 12.6. The summed E-state index contributed by atoms with van der Waals surface area (Å²) in [5, 5.41) is 2.84. The van der Waals surface area contributed by atoms with Gasteiger partial charge in [-0.1, -0.05) is 30.3 Å². The van der Waals surface area contributed by atoms with Crippen LogP contribution in [-0.4, -0.2) is 12.2 Å². The Morgan fingerprint density at radius 2 is 1.62 bits per heavy atom. The van der Waals surface area contributed by atoms with Gasteiger partial charge in [-0.05, 0) is 73.3 Å². The summed E-state index contributed by atoms with van der Waals surface area (Å²) in [4.78, 5) is 23.9. The minimum atomic E-state index is 0.00577. The van der Waals surface area contributed by atoms with Gasteiger partial charge in [0, 0.05) is 6.42 Å². The molecule has 5 rings (SSSR count). The third-order valence-corrected chi connectivity index (χ3v) is 6.23. The minimum absolute atomic E-state index is 0.00577. The number of benzene rings is 1. The van der Waals surface area contributed by atoms with Gasteiger partial charge in [-0.2, -0.15) is 0 Å². The van der Waals surface area contributed by atoms with E-state index < -0.39 is 0 Å². The van der Waals surface area contributed by atoms with Crippen molar-refractivity contribution >= 4 is 18.3 Å². The van der Waals surface area contributed by atoms with E-state index >= 15 is 0 Å². The fourth-order valence-corrected chi connectivity index (χ4v) is 5.88. The van der Waals surface area contributed by atoms with E-state index in [1.807, 2.05) is 30.3 Å². The lowest BCUT2D eigenvalue weighted by molar-refractivity contribution is -0.129. The summed E-state index contributed by atoms with van der Waals surface area (Å²) in [5.74, 6) is 2.53. The second kappa shape index (κ2) is 6.19. The third kappa shape index (κ3) is 3.17. The second-order valence-electron chi connectivity index (χ2n) is 8.27. The Morgan fingerprint density at radius 1 is 1.04 bits per heavy atom. The maximum absolute atomic E-state index is 12.6. The van der Waals surface area contributed by atoms with E-state index in [1.165, 1.54) is 38.5 Å². The summed E-state index contributed by atoms with van der Waals surface area (Å²) in [7, 11) is 0. The zero-order chi connectivity index (χ0) is 16.6. The molecule has 24 heavy (non-hydrogen) atoms. The van der Waals surface area contributed by atoms with Gasteiger partial charge in [0.2, 0.25) is 5.91 Å². The Morgan fingerprint density at radius 3 is 2.17 bits per heavy atom. The number of hydrogen-bond donors (Lipinski definition) is 1. The summed E-state index contributed by atoms with van der Waals surface area (Å²) >= 11 is 0. The van der Waals surface area contributed by atoms with Crippen molar-refractivity contribution in [3.8, 4) is 0 Å². The highest BCUT2D eigenvalue weighted by molar-refractivity contribution is 5.90. The molecule has 0 heterocycles. The number of carbonyl (C=O) groups excluding carboxylic acids is 2. The van der Waals surface area contributed by atoms with Crippen molar-refractivity contribution in [2.45, 2.75) is 44.9 Å². The molecule has 3 heteroatoms. The van der Waals surface area contributed by atoms with E-state index in [4.69, 9.17) is 0 Å². The van der Waals surface area contributed by atoms with Gasteiger partial charge in [0.05, 0.1) is 5.70 Å². The van der Waals surface area contributed by atoms with Crippen LogP contribution in [0, 0.1) is 23.2 Å². The summed E-state index contributed by atoms with van der Waals surface area (Å²) in [6.07, 6.45) is 10.9. The molecule has 126 valence electrons. The van der Waals surface area contributed by atoms with E-state index in [0.29, 0.717) is 12.1 Å². The molecule has 1 aromatic carbocycles. The number of rotatable bonds is 5. The highest BCUT2D eigenvalue weighted by Gasteiger charge is 2.51. The van der Waals surface area contributed by atoms with Gasteiger partial charge in [0.1, 0.15) is 0 Å². The Balaban J connectivity index is 1.43. The first-order chi connectivity index (χ1) is 11.6. The topological polar surface area (TPSA) is 46.2 Å². The number of amides is 1. The monoisotopic (exact) mass is 323 g/mol. The first kappa shape index (κ1) is 15.6. The second-order valence-corrected chi connectivity index (χ2v) is 8.27. The lowest BCUT2D eigenvalue weighted by Gasteiger charge is -2.56. The van der Waals surface area contributed by atoms with Gasteiger partial charge in [-0.3, -0.25) is 9.59 Å². The zero-order valence-corrected chi connectivity index (χ0v) is 14.0. The molecule has 1 amide bonds. The molecule has 0 aliphatic heterocycles. The Labute approximate surface area is 143 Å². The number of hydrogen-bond acceptors (Lipinski definition) is 2. The van der Waals surface area contributed by atoms with Crippen molar-refractivity contribution in [3.63, 3.8) is 0 Å². The number of aldehydes is 1. The van der Waals surface area contributed by atoms with Gasteiger partial charge in [-0.15, -0.1) is 0 Å². The van der Waals surface area contributed by atoms with Crippen molar-refractivity contribution in [2.24, 2.45) is 23.2 Å². The Hall–Kier alpha value is -1.90. The predicted octanol–water partition coefficient (Wildman–Crippen LogP) is 3.95. The van der Waals surface area contributed by atoms with Crippen LogP contribution in [0.15, 0.2) is 36.0 Å². The van der Waals surface area contributed by atoms with Crippen LogP contribution in [-0.2, 0) is 9.59 Å². The molecule has 4 bridgehead atoms. The van der Waals surface area contributed by atoms with E-state index in [0.717, 1.165) is 29.6 Å². The van der Waals surface area contributed by atoms with Crippen LogP contribution in [0.25, 0.3) is 6.08 Å². The van der Waals surface area contributed by atoms with E-state index in [1.54, 1.807) is 6.08 Å². The van der Waals surface area contributed by atoms with Crippen molar-refractivity contribution < 1.29 is 9.59 Å². The molecule has 0 saturated heterocycles. The van der Waals surface area contributed by atoms with Crippen LogP contribution in [0.2, 0.25) is 0 Å². The van der Waals surface area contributed by atoms with Gasteiger partial charge >= 0.3 is 0 Å². The van der Waals surface area contributed by atoms with Gasteiger partial charge < -0.3 is 5.32 Å². The normalized spacial score (nSPS) is 34.2. The summed E-state index contributed by atoms with van der Waals surface area (Å²) in [5.41, 5.74) is 1.49. The molecule has 4 aliphatic rings. The zero-order valence-electron chi connectivity index (χ0n) is 14.0. The number of carbonyl (C=O) groups is 2. The molecule has 4 aliphatic carbocycles. The summed E-state index contributed by atoms with van der Waals surface area (Å²) < 4.78 is 0. The molecule has 0 aromatic heterocycles. The van der Waals surface area contributed by atoms with Crippen LogP contribution in [0.4, 0.5) is 0 Å². The lowest BCUT2D eigenvalue weighted by atomic mass is 9.49. The lowest BCUT2D eigenvalue weighted by Crippen LogP contribution is -2.48.